The monoisotopic (exact) mass is 347 g/mol. The molecule has 1 fully saturated rings. The van der Waals surface area contributed by atoms with Gasteiger partial charge in [-0.25, -0.2) is 4.79 Å². The third-order valence-electron chi connectivity index (χ3n) is 4.69. The van der Waals surface area contributed by atoms with Crippen molar-refractivity contribution in [3.05, 3.63) is 28.8 Å². The minimum atomic E-state index is -0.273. The predicted octanol–water partition coefficient (Wildman–Crippen LogP) is 2.71. The van der Waals surface area contributed by atoms with Crippen LogP contribution in [0, 0.1) is 20.8 Å². The zero-order valence-corrected chi connectivity index (χ0v) is 15.9. The van der Waals surface area contributed by atoms with Crippen LogP contribution in [0.3, 0.4) is 0 Å². The SMILES string of the molecule is CCOC(=O)N1CCN(C(C)C(=O)Nc2c(C)cc(C)cc2C)CC1. The first-order chi connectivity index (χ1) is 11.8. The third kappa shape index (κ3) is 4.72. The second kappa shape index (κ2) is 8.34. The summed E-state index contributed by atoms with van der Waals surface area (Å²) in [4.78, 5) is 28.2. The highest BCUT2D eigenvalue weighted by molar-refractivity contribution is 5.96. The van der Waals surface area contributed by atoms with Crippen LogP contribution in [-0.2, 0) is 9.53 Å². The summed E-state index contributed by atoms with van der Waals surface area (Å²) < 4.78 is 5.03. The number of rotatable bonds is 4. The van der Waals surface area contributed by atoms with E-state index in [1.807, 2.05) is 20.8 Å². The Hall–Kier alpha value is -2.08. The number of ether oxygens (including phenoxy) is 1. The standard InChI is InChI=1S/C19H29N3O3/c1-6-25-19(24)22-9-7-21(8-10-22)16(5)18(23)20-17-14(3)11-13(2)12-15(17)4/h11-12,16H,6-10H2,1-5H3,(H,20,23). The molecule has 0 bridgehead atoms. The molecule has 25 heavy (non-hydrogen) atoms. The number of benzene rings is 1. The maximum atomic E-state index is 12.7. The van der Waals surface area contributed by atoms with Crippen LogP contribution < -0.4 is 5.32 Å². The van der Waals surface area contributed by atoms with Crippen LogP contribution in [0.4, 0.5) is 10.5 Å². The van der Waals surface area contributed by atoms with Gasteiger partial charge in [-0.1, -0.05) is 17.7 Å². The summed E-state index contributed by atoms with van der Waals surface area (Å²) in [7, 11) is 0. The molecule has 1 aliphatic rings. The van der Waals surface area contributed by atoms with Gasteiger partial charge >= 0.3 is 6.09 Å². The molecule has 0 radical (unpaired) electrons. The van der Waals surface area contributed by atoms with Gasteiger partial charge in [-0.05, 0) is 45.7 Å². The second-order valence-electron chi connectivity index (χ2n) is 6.66. The molecule has 0 aliphatic carbocycles. The largest absolute Gasteiger partial charge is 0.450 e. The van der Waals surface area contributed by atoms with Gasteiger partial charge in [0.25, 0.3) is 0 Å². The molecule has 1 aliphatic heterocycles. The van der Waals surface area contributed by atoms with Crippen molar-refractivity contribution in [2.45, 2.75) is 40.7 Å². The van der Waals surface area contributed by atoms with Crippen molar-refractivity contribution in [1.29, 1.82) is 0 Å². The summed E-state index contributed by atoms with van der Waals surface area (Å²) in [5.41, 5.74) is 4.24. The first-order valence-electron chi connectivity index (χ1n) is 8.88. The molecule has 1 unspecified atom stereocenters. The number of nitrogens with one attached hydrogen (secondary N) is 1. The highest BCUT2D eigenvalue weighted by Gasteiger charge is 2.28. The summed E-state index contributed by atoms with van der Waals surface area (Å²) in [6, 6.07) is 3.90. The smallest absolute Gasteiger partial charge is 0.409 e. The number of aryl methyl sites for hydroxylation is 3. The zero-order chi connectivity index (χ0) is 18.6. The lowest BCUT2D eigenvalue weighted by Gasteiger charge is -2.36. The van der Waals surface area contributed by atoms with E-state index in [4.69, 9.17) is 4.74 Å². The lowest BCUT2D eigenvalue weighted by Crippen LogP contribution is -2.54. The molecule has 1 aromatic rings. The van der Waals surface area contributed by atoms with Gasteiger partial charge in [0.05, 0.1) is 12.6 Å². The van der Waals surface area contributed by atoms with Crippen LogP contribution in [0.15, 0.2) is 12.1 Å². The quantitative estimate of drug-likeness (QED) is 0.910. The van der Waals surface area contributed by atoms with E-state index in [1.54, 1.807) is 11.8 Å². The normalized spacial score (nSPS) is 16.4. The van der Waals surface area contributed by atoms with Crippen LogP contribution >= 0.6 is 0 Å². The highest BCUT2D eigenvalue weighted by atomic mass is 16.6. The minimum Gasteiger partial charge on any atom is -0.450 e. The van der Waals surface area contributed by atoms with Crippen molar-refractivity contribution in [3.8, 4) is 0 Å². The molecule has 0 spiro atoms. The lowest BCUT2D eigenvalue weighted by atomic mass is 10.0. The van der Waals surface area contributed by atoms with Crippen molar-refractivity contribution < 1.29 is 14.3 Å². The van der Waals surface area contributed by atoms with Gasteiger partial charge in [0.2, 0.25) is 5.91 Å². The Morgan fingerprint density at radius 2 is 1.68 bits per heavy atom. The number of amides is 2. The molecule has 1 atom stereocenters. The van der Waals surface area contributed by atoms with E-state index in [1.165, 1.54) is 5.56 Å². The van der Waals surface area contributed by atoms with Gasteiger partial charge in [0, 0.05) is 31.9 Å². The highest BCUT2D eigenvalue weighted by Crippen LogP contribution is 2.22. The van der Waals surface area contributed by atoms with E-state index in [-0.39, 0.29) is 18.0 Å². The van der Waals surface area contributed by atoms with Crippen LogP contribution in [0.2, 0.25) is 0 Å². The summed E-state index contributed by atoms with van der Waals surface area (Å²) in [6.07, 6.45) is -0.273. The second-order valence-corrected chi connectivity index (χ2v) is 6.66. The summed E-state index contributed by atoms with van der Waals surface area (Å²) in [5.74, 6) is -0.0142. The molecule has 1 heterocycles. The molecule has 6 nitrogen and oxygen atoms in total. The molecule has 0 aromatic heterocycles. The zero-order valence-electron chi connectivity index (χ0n) is 15.9. The topological polar surface area (TPSA) is 61.9 Å². The minimum absolute atomic E-state index is 0.0142. The van der Waals surface area contributed by atoms with Crippen LogP contribution in [0.5, 0.6) is 0 Å². The molecule has 1 saturated heterocycles. The van der Waals surface area contributed by atoms with E-state index < -0.39 is 0 Å². The summed E-state index contributed by atoms with van der Waals surface area (Å²) >= 11 is 0. The van der Waals surface area contributed by atoms with E-state index >= 15 is 0 Å². The van der Waals surface area contributed by atoms with Crippen LogP contribution in [-0.4, -0.2) is 60.6 Å². The third-order valence-corrected chi connectivity index (χ3v) is 4.69. The predicted molar refractivity (Wildman–Crippen MR) is 98.9 cm³/mol. The number of carbonyl (C=O) groups is 2. The number of hydrogen-bond acceptors (Lipinski definition) is 4. The molecule has 2 amide bonds. The van der Waals surface area contributed by atoms with Gasteiger partial charge in [-0.2, -0.15) is 0 Å². The summed E-state index contributed by atoms with van der Waals surface area (Å²) in [6.45, 7) is 12.7. The molecule has 2 rings (SSSR count). The summed E-state index contributed by atoms with van der Waals surface area (Å²) in [5, 5.41) is 3.07. The van der Waals surface area contributed by atoms with Gasteiger partial charge < -0.3 is 15.0 Å². The number of hydrogen-bond donors (Lipinski definition) is 1. The molecule has 1 aromatic carbocycles. The van der Waals surface area contributed by atoms with Gasteiger partial charge in [0.15, 0.2) is 0 Å². The molecular weight excluding hydrogens is 318 g/mol. The Bertz CT molecular complexity index is 614. The van der Waals surface area contributed by atoms with Crippen molar-refractivity contribution in [1.82, 2.24) is 9.80 Å². The van der Waals surface area contributed by atoms with E-state index in [9.17, 15) is 9.59 Å². The van der Waals surface area contributed by atoms with Gasteiger partial charge in [-0.3, -0.25) is 9.69 Å². The molecule has 1 N–H and O–H groups in total. The fourth-order valence-corrected chi connectivity index (χ4v) is 3.28. The van der Waals surface area contributed by atoms with Crippen LogP contribution in [0.25, 0.3) is 0 Å². The van der Waals surface area contributed by atoms with E-state index in [0.717, 1.165) is 16.8 Å². The Labute approximate surface area is 150 Å². The van der Waals surface area contributed by atoms with E-state index in [0.29, 0.717) is 32.8 Å². The Balaban J connectivity index is 1.94. The fraction of sp³-hybridized carbons (Fsp3) is 0.579. The van der Waals surface area contributed by atoms with Crippen molar-refractivity contribution in [2.24, 2.45) is 0 Å². The first kappa shape index (κ1) is 19.2. The average Bonchev–Trinajstić information content (AvgIpc) is 2.57. The lowest BCUT2D eigenvalue weighted by molar-refractivity contribution is -0.121. The maximum Gasteiger partial charge on any atom is 0.409 e. The Morgan fingerprint density at radius 3 is 2.20 bits per heavy atom. The molecular formula is C19H29N3O3. The fourth-order valence-electron chi connectivity index (χ4n) is 3.28. The van der Waals surface area contributed by atoms with E-state index in [2.05, 4.69) is 29.3 Å². The Morgan fingerprint density at radius 1 is 1.12 bits per heavy atom. The van der Waals surface area contributed by atoms with Crippen molar-refractivity contribution >= 4 is 17.7 Å². The van der Waals surface area contributed by atoms with Gasteiger partial charge in [-0.15, -0.1) is 0 Å². The number of carbonyl (C=O) groups excluding carboxylic acids is 2. The average molecular weight is 347 g/mol. The number of piperazine rings is 1. The Kier molecular flexibility index (Phi) is 6.42. The molecule has 6 heteroatoms. The maximum absolute atomic E-state index is 12.7. The first-order valence-corrected chi connectivity index (χ1v) is 8.88. The van der Waals surface area contributed by atoms with Crippen molar-refractivity contribution in [3.63, 3.8) is 0 Å². The van der Waals surface area contributed by atoms with Gasteiger partial charge in [0.1, 0.15) is 0 Å². The molecule has 138 valence electrons. The molecule has 0 saturated carbocycles. The number of nitrogens with zero attached hydrogens (tertiary/aromatic N) is 2. The van der Waals surface area contributed by atoms with Crippen LogP contribution in [0.1, 0.15) is 30.5 Å². The number of anilines is 1. The van der Waals surface area contributed by atoms with Crippen molar-refractivity contribution in [2.75, 3.05) is 38.1 Å².